The van der Waals surface area contributed by atoms with Gasteiger partial charge in [0.25, 0.3) is 0 Å². The molecule has 1 spiro atoms. The summed E-state index contributed by atoms with van der Waals surface area (Å²) in [6.45, 7) is 4.59. The largest absolute Gasteiger partial charge is 0.454 e. The Morgan fingerprint density at radius 3 is 2.72 bits per heavy atom. The van der Waals surface area contributed by atoms with E-state index in [1.807, 2.05) is 6.07 Å². The van der Waals surface area contributed by atoms with Gasteiger partial charge in [0.05, 0.1) is 23.0 Å². The number of hydrogen-bond acceptors (Lipinski definition) is 6. The number of halogens is 2. The molecule has 4 aliphatic heterocycles. The van der Waals surface area contributed by atoms with Crippen molar-refractivity contribution in [2.24, 2.45) is 23.7 Å². The van der Waals surface area contributed by atoms with Crippen LogP contribution in [0.5, 0.6) is 11.5 Å². The lowest BCUT2D eigenvalue weighted by molar-refractivity contribution is -0.142. The average molecular weight is 610 g/mol. The van der Waals surface area contributed by atoms with Crippen molar-refractivity contribution in [1.82, 2.24) is 10.2 Å². The first-order valence-corrected chi connectivity index (χ1v) is 15.2. The predicted molar refractivity (Wildman–Crippen MR) is 155 cm³/mol. The van der Waals surface area contributed by atoms with Crippen molar-refractivity contribution in [1.29, 1.82) is 0 Å². The van der Waals surface area contributed by atoms with E-state index in [1.54, 1.807) is 24.3 Å². The molecule has 7 rings (SSSR count). The molecule has 2 saturated heterocycles. The molecule has 0 aromatic heterocycles. The highest BCUT2D eigenvalue weighted by Crippen LogP contribution is 2.55. The zero-order valence-corrected chi connectivity index (χ0v) is 24.6. The zero-order valence-electron chi connectivity index (χ0n) is 23.8. The fourth-order valence-corrected chi connectivity index (χ4v) is 7.70. The first-order chi connectivity index (χ1) is 20.7. The van der Waals surface area contributed by atoms with Crippen molar-refractivity contribution in [2.75, 3.05) is 12.1 Å². The van der Waals surface area contributed by atoms with Crippen molar-refractivity contribution in [2.45, 2.75) is 63.4 Å². The van der Waals surface area contributed by atoms with Crippen LogP contribution in [0.15, 0.2) is 48.6 Å². The van der Waals surface area contributed by atoms with Crippen LogP contribution in [0.1, 0.15) is 38.7 Å². The summed E-state index contributed by atoms with van der Waals surface area (Å²) in [5.41, 5.74) is -0.254. The molecule has 0 unspecified atom stereocenters. The number of nitrogens with zero attached hydrogens (tertiary/aromatic N) is 1. The fraction of sp³-hybridized carbons (Fsp3) is 0.469. The molecule has 4 heterocycles. The maximum Gasteiger partial charge on any atom is 0.246 e. The quantitative estimate of drug-likeness (QED) is 0.469. The van der Waals surface area contributed by atoms with Crippen molar-refractivity contribution in [3.8, 4) is 11.5 Å². The lowest BCUT2D eigenvalue weighted by Gasteiger charge is -2.38. The maximum absolute atomic E-state index is 14.3. The molecule has 3 amide bonds. The summed E-state index contributed by atoms with van der Waals surface area (Å²) in [6, 6.07) is 8.30. The van der Waals surface area contributed by atoms with E-state index in [2.05, 4.69) is 24.5 Å². The standard InChI is InChI=1S/C32H33ClFN3O6/c1-16-4-3-5-22(17(16)2)36-30(39)28-32-11-10-24(43-32)26(29(38)35-19-7-8-21(34)20(33)13-19)27(32)31(40)37(28)14-18-6-9-23-25(12-18)42-15-41-23/h6-13,16-17,22,24,26-28H,3-5,14-15H2,1-2H3,(H,35,38)(H,36,39)/t16-,17+,22+,24-,26+,27-,28+,32+/m1/s1. The van der Waals surface area contributed by atoms with Gasteiger partial charge < -0.3 is 29.7 Å². The first kappa shape index (κ1) is 28.2. The third-order valence-corrected chi connectivity index (χ3v) is 10.2. The molecule has 2 N–H and O–H groups in total. The highest BCUT2D eigenvalue weighted by atomic mass is 35.5. The van der Waals surface area contributed by atoms with Gasteiger partial charge in [-0.25, -0.2) is 4.39 Å². The Labute approximate surface area is 253 Å². The van der Waals surface area contributed by atoms with Gasteiger partial charge in [-0.15, -0.1) is 0 Å². The lowest BCUT2D eigenvalue weighted by atomic mass is 9.73. The van der Waals surface area contributed by atoms with E-state index >= 15 is 0 Å². The number of amides is 3. The minimum atomic E-state index is -1.31. The highest BCUT2D eigenvalue weighted by Gasteiger charge is 2.72. The minimum absolute atomic E-state index is 0.0286. The van der Waals surface area contributed by atoms with Crippen LogP contribution < -0.4 is 20.1 Å². The van der Waals surface area contributed by atoms with Gasteiger partial charge in [-0.3, -0.25) is 14.4 Å². The second-order valence-corrected chi connectivity index (χ2v) is 12.8. The molecule has 1 saturated carbocycles. The number of fused-ring (bicyclic) bond motifs is 2. The monoisotopic (exact) mass is 609 g/mol. The highest BCUT2D eigenvalue weighted by molar-refractivity contribution is 6.31. The molecule has 43 heavy (non-hydrogen) atoms. The van der Waals surface area contributed by atoms with Crippen molar-refractivity contribution in [3.63, 3.8) is 0 Å². The number of anilines is 1. The molecule has 11 heteroatoms. The van der Waals surface area contributed by atoms with Crippen LogP contribution in [-0.4, -0.2) is 53.2 Å². The number of benzene rings is 2. The van der Waals surface area contributed by atoms with Gasteiger partial charge in [0.15, 0.2) is 11.5 Å². The SMILES string of the molecule is C[C@H]1[C@H](C)CCC[C@@H]1NC(=O)[C@@H]1N(Cc2ccc3c(c2)OCO3)C(=O)[C@H]2[C@@H](C(=O)Nc3ccc(F)c(Cl)c3)[C@H]3C=C[C@@]12O3. The van der Waals surface area contributed by atoms with Gasteiger partial charge in [-0.05, 0) is 54.2 Å². The van der Waals surface area contributed by atoms with Crippen LogP contribution in [0.3, 0.4) is 0 Å². The van der Waals surface area contributed by atoms with Crippen molar-refractivity contribution >= 4 is 35.0 Å². The molecule has 3 fully saturated rings. The third-order valence-electron chi connectivity index (χ3n) is 9.94. The number of carbonyl (C=O) groups excluding carboxylic acids is 3. The normalized spacial score (nSPS) is 33.5. The molecule has 0 radical (unpaired) electrons. The molecular formula is C32H33ClFN3O6. The average Bonchev–Trinajstić information content (AvgIpc) is 3.74. The van der Waals surface area contributed by atoms with E-state index in [4.69, 9.17) is 25.8 Å². The van der Waals surface area contributed by atoms with Crippen LogP contribution in [0.4, 0.5) is 10.1 Å². The van der Waals surface area contributed by atoms with E-state index in [0.717, 1.165) is 30.9 Å². The van der Waals surface area contributed by atoms with Gasteiger partial charge in [-0.1, -0.05) is 56.5 Å². The molecule has 2 aromatic rings. The number of rotatable bonds is 6. The van der Waals surface area contributed by atoms with Crippen LogP contribution in [0.25, 0.3) is 0 Å². The van der Waals surface area contributed by atoms with Crippen molar-refractivity contribution in [3.05, 3.63) is 65.0 Å². The summed E-state index contributed by atoms with van der Waals surface area (Å²) in [7, 11) is 0. The Bertz CT molecular complexity index is 1530. The van der Waals surface area contributed by atoms with E-state index in [0.29, 0.717) is 23.1 Å². The van der Waals surface area contributed by atoms with Crippen LogP contribution in [0, 0.1) is 29.5 Å². The molecule has 2 aromatic carbocycles. The van der Waals surface area contributed by atoms with Crippen LogP contribution >= 0.6 is 11.6 Å². The Hall–Kier alpha value is -3.63. The number of hydrogen-bond donors (Lipinski definition) is 2. The number of ether oxygens (including phenoxy) is 3. The molecule has 5 aliphatic rings. The number of likely N-dealkylation sites (tertiary alicyclic amines) is 1. The Morgan fingerprint density at radius 1 is 1.09 bits per heavy atom. The van der Waals surface area contributed by atoms with E-state index in [1.165, 1.54) is 17.0 Å². The minimum Gasteiger partial charge on any atom is -0.454 e. The van der Waals surface area contributed by atoms with Gasteiger partial charge >= 0.3 is 0 Å². The fourth-order valence-electron chi connectivity index (χ4n) is 7.52. The van der Waals surface area contributed by atoms with Gasteiger partial charge in [-0.2, -0.15) is 0 Å². The third kappa shape index (κ3) is 4.57. The Kier molecular flexibility index (Phi) is 6.89. The summed E-state index contributed by atoms with van der Waals surface area (Å²) < 4.78 is 31.2. The van der Waals surface area contributed by atoms with E-state index in [-0.39, 0.29) is 42.1 Å². The maximum atomic E-state index is 14.3. The summed E-state index contributed by atoms with van der Waals surface area (Å²) in [5.74, 6) is -1.59. The zero-order chi connectivity index (χ0) is 30.0. The number of nitrogens with one attached hydrogen (secondary N) is 2. The lowest BCUT2D eigenvalue weighted by Crippen LogP contribution is -2.57. The van der Waals surface area contributed by atoms with Crippen LogP contribution in [-0.2, 0) is 25.7 Å². The Morgan fingerprint density at radius 2 is 1.91 bits per heavy atom. The van der Waals surface area contributed by atoms with Crippen molar-refractivity contribution < 1.29 is 33.0 Å². The summed E-state index contributed by atoms with van der Waals surface area (Å²) in [4.78, 5) is 43.8. The first-order valence-electron chi connectivity index (χ1n) is 14.8. The van der Waals surface area contributed by atoms with Gasteiger partial charge in [0, 0.05) is 18.3 Å². The van der Waals surface area contributed by atoms with Gasteiger partial charge in [0.2, 0.25) is 24.5 Å². The predicted octanol–water partition coefficient (Wildman–Crippen LogP) is 4.44. The summed E-state index contributed by atoms with van der Waals surface area (Å²) >= 11 is 5.93. The smallest absolute Gasteiger partial charge is 0.246 e. The molecule has 1 aliphatic carbocycles. The number of carbonyl (C=O) groups is 3. The molecule has 2 bridgehead atoms. The second kappa shape index (κ2) is 10.5. The molecule has 8 atom stereocenters. The summed E-state index contributed by atoms with van der Waals surface area (Å²) in [6.07, 6.45) is 5.85. The summed E-state index contributed by atoms with van der Waals surface area (Å²) in [5, 5.41) is 5.91. The van der Waals surface area contributed by atoms with E-state index in [9.17, 15) is 18.8 Å². The second-order valence-electron chi connectivity index (χ2n) is 12.4. The van der Waals surface area contributed by atoms with Gasteiger partial charge in [0.1, 0.15) is 17.5 Å². The molecule has 226 valence electrons. The van der Waals surface area contributed by atoms with Crippen LogP contribution in [0.2, 0.25) is 5.02 Å². The molecular weight excluding hydrogens is 577 g/mol. The Balaban J connectivity index is 1.21. The molecule has 9 nitrogen and oxygen atoms in total. The van der Waals surface area contributed by atoms with E-state index < -0.39 is 41.3 Å². The topological polar surface area (TPSA) is 106 Å².